The lowest BCUT2D eigenvalue weighted by Gasteiger charge is -2.10. The zero-order chi connectivity index (χ0) is 18.8. The highest BCUT2D eigenvalue weighted by Crippen LogP contribution is 2.36. The van der Waals surface area contributed by atoms with Crippen LogP contribution in [0.5, 0.6) is 5.75 Å². The first-order valence-electron chi connectivity index (χ1n) is 9.51. The Morgan fingerprint density at radius 1 is 1.15 bits per heavy atom. The van der Waals surface area contributed by atoms with E-state index < -0.39 is 0 Å². The molecule has 1 fully saturated rings. The number of pyridine rings is 1. The lowest BCUT2D eigenvalue weighted by Crippen LogP contribution is -1.99. The number of aryl methyl sites for hydroxylation is 2. The molecule has 1 aliphatic rings. The summed E-state index contributed by atoms with van der Waals surface area (Å²) in [5, 5.41) is 0.619. The van der Waals surface area contributed by atoms with Gasteiger partial charge < -0.3 is 9.72 Å². The van der Waals surface area contributed by atoms with Gasteiger partial charge in [0.2, 0.25) is 0 Å². The summed E-state index contributed by atoms with van der Waals surface area (Å²) in [6, 6.07) is 10.1. The number of aromatic amines is 1. The molecule has 0 spiro atoms. The first kappa shape index (κ1) is 18.1. The number of nitrogens with one attached hydrogen (secondary N) is 1. The normalized spacial score (nSPS) is 14.6. The Balaban J connectivity index is 1.50. The van der Waals surface area contributed by atoms with Gasteiger partial charge in [-0.3, -0.25) is 4.98 Å². The number of benzene rings is 1. The standard InChI is InChI=1S/C22H24ClN3O/c1-14-7-9-18(24-12-14)13-27-19-10-8-17(11-15(19)2)20-21(23)26-22(25-20)16-5-3-4-6-16/h7-12,16H,3-6,13H2,1-2H3,(H,25,26). The zero-order valence-electron chi connectivity index (χ0n) is 15.8. The number of rotatable bonds is 5. The lowest BCUT2D eigenvalue weighted by atomic mass is 10.1. The van der Waals surface area contributed by atoms with E-state index in [1.807, 2.05) is 44.3 Å². The summed E-state index contributed by atoms with van der Waals surface area (Å²) in [4.78, 5) is 12.5. The maximum absolute atomic E-state index is 6.45. The molecule has 4 rings (SSSR count). The molecule has 0 bridgehead atoms. The van der Waals surface area contributed by atoms with Gasteiger partial charge in [0.05, 0.1) is 5.69 Å². The molecule has 27 heavy (non-hydrogen) atoms. The number of H-pyrrole nitrogens is 1. The van der Waals surface area contributed by atoms with E-state index in [0.29, 0.717) is 17.7 Å². The molecule has 2 aromatic heterocycles. The minimum absolute atomic E-state index is 0.454. The topological polar surface area (TPSA) is 50.8 Å². The molecule has 0 aliphatic heterocycles. The predicted octanol–water partition coefficient (Wildman–Crippen LogP) is 5.98. The molecule has 0 atom stereocenters. The zero-order valence-corrected chi connectivity index (χ0v) is 16.5. The van der Waals surface area contributed by atoms with Gasteiger partial charge in [-0.1, -0.05) is 30.5 Å². The molecular weight excluding hydrogens is 358 g/mol. The molecule has 0 unspecified atom stereocenters. The summed E-state index contributed by atoms with van der Waals surface area (Å²) in [6.07, 6.45) is 6.80. The van der Waals surface area contributed by atoms with Gasteiger partial charge in [0, 0.05) is 17.7 Å². The Bertz CT molecular complexity index is 927. The second kappa shape index (κ2) is 7.73. The molecule has 0 radical (unpaired) electrons. The maximum Gasteiger partial charge on any atom is 0.134 e. The third kappa shape index (κ3) is 4.01. The number of imidazole rings is 1. The summed E-state index contributed by atoms with van der Waals surface area (Å²) in [6.45, 7) is 4.52. The second-order valence-electron chi connectivity index (χ2n) is 7.36. The summed E-state index contributed by atoms with van der Waals surface area (Å²) in [7, 11) is 0. The molecule has 3 aromatic rings. The Morgan fingerprint density at radius 2 is 1.96 bits per heavy atom. The van der Waals surface area contributed by atoms with Crippen molar-refractivity contribution in [2.24, 2.45) is 0 Å². The van der Waals surface area contributed by atoms with Gasteiger partial charge in [0.1, 0.15) is 29.0 Å². The summed E-state index contributed by atoms with van der Waals surface area (Å²) < 4.78 is 5.95. The maximum atomic E-state index is 6.45. The van der Waals surface area contributed by atoms with Gasteiger partial charge in [-0.2, -0.15) is 0 Å². The average Bonchev–Trinajstić information content (AvgIpc) is 3.31. The minimum Gasteiger partial charge on any atom is -0.487 e. The van der Waals surface area contributed by atoms with Crippen molar-refractivity contribution in [3.63, 3.8) is 0 Å². The highest BCUT2D eigenvalue weighted by molar-refractivity contribution is 6.31. The monoisotopic (exact) mass is 381 g/mol. The van der Waals surface area contributed by atoms with Crippen LogP contribution < -0.4 is 4.74 Å². The van der Waals surface area contributed by atoms with Gasteiger partial charge in [-0.15, -0.1) is 0 Å². The van der Waals surface area contributed by atoms with Crippen LogP contribution in [0.4, 0.5) is 0 Å². The number of aromatic nitrogens is 3. The fourth-order valence-electron chi connectivity index (χ4n) is 3.65. The average molecular weight is 382 g/mol. The van der Waals surface area contributed by atoms with Crippen molar-refractivity contribution in [3.8, 4) is 17.0 Å². The van der Waals surface area contributed by atoms with E-state index in [4.69, 9.17) is 21.3 Å². The molecule has 4 nitrogen and oxygen atoms in total. The van der Waals surface area contributed by atoms with Crippen LogP contribution in [0.1, 0.15) is 54.2 Å². The van der Waals surface area contributed by atoms with Crippen molar-refractivity contribution in [2.75, 3.05) is 0 Å². The van der Waals surface area contributed by atoms with Crippen LogP contribution in [0.2, 0.25) is 5.15 Å². The van der Waals surface area contributed by atoms with Crippen LogP contribution in [0, 0.1) is 13.8 Å². The Kier molecular flexibility index (Phi) is 5.17. The van der Waals surface area contributed by atoms with Crippen molar-refractivity contribution in [2.45, 2.75) is 52.1 Å². The van der Waals surface area contributed by atoms with Crippen LogP contribution in [0.25, 0.3) is 11.3 Å². The van der Waals surface area contributed by atoms with E-state index >= 15 is 0 Å². The third-order valence-corrected chi connectivity index (χ3v) is 5.49. The van der Waals surface area contributed by atoms with Crippen molar-refractivity contribution in [3.05, 3.63) is 64.3 Å². The third-order valence-electron chi connectivity index (χ3n) is 5.22. The first-order valence-corrected chi connectivity index (χ1v) is 9.88. The minimum atomic E-state index is 0.454. The summed E-state index contributed by atoms with van der Waals surface area (Å²) >= 11 is 6.45. The van der Waals surface area contributed by atoms with E-state index in [1.54, 1.807) is 0 Å². The van der Waals surface area contributed by atoms with Crippen LogP contribution in [-0.2, 0) is 6.61 Å². The highest BCUT2D eigenvalue weighted by atomic mass is 35.5. The van der Waals surface area contributed by atoms with Crippen LogP contribution in [-0.4, -0.2) is 15.0 Å². The number of ether oxygens (including phenoxy) is 1. The first-order chi connectivity index (χ1) is 13.1. The molecule has 1 saturated carbocycles. The Hall–Kier alpha value is -2.33. The van der Waals surface area contributed by atoms with E-state index in [2.05, 4.69) is 16.0 Å². The molecule has 5 heteroatoms. The van der Waals surface area contributed by atoms with Gasteiger partial charge in [0.25, 0.3) is 0 Å². The SMILES string of the molecule is Cc1ccc(COc2ccc(-c3nc(C4CCCC4)[nH]c3Cl)cc2C)nc1. The Morgan fingerprint density at radius 3 is 2.67 bits per heavy atom. The van der Waals surface area contributed by atoms with E-state index in [0.717, 1.165) is 39.7 Å². The van der Waals surface area contributed by atoms with Crippen molar-refractivity contribution < 1.29 is 4.74 Å². The van der Waals surface area contributed by atoms with Gasteiger partial charge in [-0.05, 0) is 62.1 Å². The largest absolute Gasteiger partial charge is 0.487 e. The number of hydrogen-bond donors (Lipinski definition) is 1. The molecule has 0 saturated heterocycles. The van der Waals surface area contributed by atoms with Crippen LogP contribution >= 0.6 is 11.6 Å². The van der Waals surface area contributed by atoms with Crippen molar-refractivity contribution in [1.29, 1.82) is 0 Å². The van der Waals surface area contributed by atoms with E-state index in [9.17, 15) is 0 Å². The molecule has 0 amide bonds. The molecule has 1 N–H and O–H groups in total. The number of halogens is 1. The van der Waals surface area contributed by atoms with Crippen LogP contribution in [0.15, 0.2) is 36.5 Å². The van der Waals surface area contributed by atoms with E-state index in [1.165, 1.54) is 25.7 Å². The molecule has 1 aliphatic carbocycles. The molecular formula is C22H24ClN3O. The van der Waals surface area contributed by atoms with Crippen molar-refractivity contribution in [1.82, 2.24) is 15.0 Å². The summed E-state index contributed by atoms with van der Waals surface area (Å²) in [5.41, 5.74) is 4.96. The molecule has 1 aromatic carbocycles. The van der Waals surface area contributed by atoms with Gasteiger partial charge >= 0.3 is 0 Å². The van der Waals surface area contributed by atoms with E-state index in [-0.39, 0.29) is 0 Å². The second-order valence-corrected chi connectivity index (χ2v) is 7.74. The number of nitrogens with zero attached hydrogens (tertiary/aromatic N) is 2. The fourth-order valence-corrected chi connectivity index (χ4v) is 3.90. The molecule has 140 valence electrons. The lowest BCUT2D eigenvalue weighted by molar-refractivity contribution is 0.299. The van der Waals surface area contributed by atoms with Gasteiger partial charge in [0.15, 0.2) is 0 Å². The highest BCUT2D eigenvalue weighted by Gasteiger charge is 2.22. The van der Waals surface area contributed by atoms with Crippen LogP contribution in [0.3, 0.4) is 0 Å². The smallest absolute Gasteiger partial charge is 0.134 e. The quantitative estimate of drug-likeness (QED) is 0.591. The molecule has 2 heterocycles. The summed E-state index contributed by atoms with van der Waals surface area (Å²) in [5.74, 6) is 2.39. The number of hydrogen-bond acceptors (Lipinski definition) is 3. The van der Waals surface area contributed by atoms with Crippen molar-refractivity contribution >= 4 is 11.6 Å². The predicted molar refractivity (Wildman–Crippen MR) is 108 cm³/mol. The Labute approximate surface area is 165 Å². The fraction of sp³-hybridized carbons (Fsp3) is 0.364. The van der Waals surface area contributed by atoms with Gasteiger partial charge in [-0.25, -0.2) is 4.98 Å².